The van der Waals surface area contributed by atoms with E-state index in [-0.39, 0.29) is 0 Å². The number of unbranched alkanes of at least 4 members (excludes halogenated alkanes) is 8. The minimum absolute atomic E-state index is 0.439. The first-order chi connectivity index (χ1) is 20.1. The Kier molecular flexibility index (Phi) is 13.4. The zero-order chi connectivity index (χ0) is 28.8. The largest absolute Gasteiger partial charge is 0.481 e. The van der Waals surface area contributed by atoms with Gasteiger partial charge in [-0.15, -0.1) is 0 Å². The fraction of sp³-hybridized carbons (Fsp3) is 0.694. The van der Waals surface area contributed by atoms with E-state index < -0.39 is 23.8 Å². The van der Waals surface area contributed by atoms with Gasteiger partial charge in [-0.2, -0.15) is 0 Å². The second-order valence-corrected chi connectivity index (χ2v) is 12.6. The first kappa shape index (κ1) is 32.0. The first-order valence-electron chi connectivity index (χ1n) is 16.7. The van der Waals surface area contributed by atoms with Crippen LogP contribution in [0, 0.1) is 17.8 Å². The van der Waals surface area contributed by atoms with Crippen LogP contribution in [0.2, 0.25) is 0 Å². The molecule has 1 saturated heterocycles. The van der Waals surface area contributed by atoms with Gasteiger partial charge in [-0.1, -0.05) is 133 Å². The van der Waals surface area contributed by atoms with Crippen LogP contribution in [0.4, 0.5) is 0 Å². The van der Waals surface area contributed by atoms with Crippen LogP contribution in [0.1, 0.15) is 127 Å². The monoisotopic (exact) mass is 566 g/mol. The third kappa shape index (κ3) is 9.80. The highest BCUT2D eigenvalue weighted by Gasteiger charge is 2.36. The molecule has 1 aromatic rings. The number of hydrogen-bond donors (Lipinski definition) is 1. The Morgan fingerprint density at radius 1 is 0.854 bits per heavy atom. The van der Waals surface area contributed by atoms with Gasteiger partial charge in [0.2, 0.25) is 0 Å². The van der Waals surface area contributed by atoms with Crippen molar-refractivity contribution < 1.29 is 24.1 Å². The number of carboxylic acids is 1. The van der Waals surface area contributed by atoms with Gasteiger partial charge in [-0.05, 0) is 36.5 Å². The summed E-state index contributed by atoms with van der Waals surface area (Å²) in [6.45, 7) is 4.29. The average Bonchev–Trinajstić information content (AvgIpc) is 3.53. The van der Waals surface area contributed by atoms with E-state index in [1.807, 2.05) is 24.3 Å². The molecule has 0 atom stereocenters. The third-order valence-corrected chi connectivity index (χ3v) is 9.28. The Hall–Kier alpha value is -1.95. The minimum Gasteiger partial charge on any atom is -0.481 e. The molecule has 0 spiro atoms. The Balaban J connectivity index is 1.33. The van der Waals surface area contributed by atoms with Crippen molar-refractivity contribution >= 4 is 5.97 Å². The van der Waals surface area contributed by atoms with Crippen LogP contribution in [0.15, 0.2) is 48.6 Å². The summed E-state index contributed by atoms with van der Waals surface area (Å²) in [5.74, 6) is -0.0913. The molecule has 0 aromatic heterocycles. The van der Waals surface area contributed by atoms with Crippen LogP contribution in [0.25, 0.3) is 0 Å². The smallest absolute Gasteiger partial charge is 0.314 e. The maximum atomic E-state index is 11.7. The van der Waals surface area contributed by atoms with Crippen molar-refractivity contribution in [1.82, 2.24) is 0 Å². The van der Waals surface area contributed by atoms with E-state index in [0.29, 0.717) is 25.7 Å². The van der Waals surface area contributed by atoms with Crippen molar-refractivity contribution in [3.05, 3.63) is 59.7 Å². The summed E-state index contributed by atoms with van der Waals surface area (Å²) in [6.07, 6.45) is 27.7. The van der Waals surface area contributed by atoms with Gasteiger partial charge in [0, 0.05) is 18.1 Å². The molecule has 0 radical (unpaired) electrons. The molecule has 1 N–H and O–H groups in total. The average molecular weight is 567 g/mol. The number of rotatable bonds is 18. The molecule has 2 aliphatic carbocycles. The summed E-state index contributed by atoms with van der Waals surface area (Å²) in [6, 6.07) is 8.17. The Morgan fingerprint density at radius 3 is 2.15 bits per heavy atom. The lowest BCUT2D eigenvalue weighted by Crippen LogP contribution is -2.33. The molecule has 1 heterocycles. The maximum Gasteiger partial charge on any atom is 0.314 e. The van der Waals surface area contributed by atoms with E-state index in [0.717, 1.165) is 36.3 Å². The summed E-state index contributed by atoms with van der Waals surface area (Å²) < 4.78 is 19.2. The van der Waals surface area contributed by atoms with Gasteiger partial charge < -0.3 is 19.3 Å². The highest BCUT2D eigenvalue weighted by molar-refractivity contribution is 5.75. The van der Waals surface area contributed by atoms with Crippen molar-refractivity contribution in [2.24, 2.45) is 17.8 Å². The summed E-state index contributed by atoms with van der Waals surface area (Å²) in [5, 5.41) is 9.57. The molecule has 3 aliphatic rings. The lowest BCUT2D eigenvalue weighted by molar-refractivity contribution is -0.207. The van der Waals surface area contributed by atoms with Crippen LogP contribution in [0.5, 0.6) is 0 Å². The Bertz CT molecular complexity index is 940. The molecule has 0 amide bonds. The number of benzene rings is 1. The number of carbonyl (C=O) groups is 1. The number of ether oxygens (including phenoxy) is 3. The highest BCUT2D eigenvalue weighted by atomic mass is 16.7. The standard InChI is InChI=1S/C36H54O5/c1-2-3-4-5-6-10-19-30-27-39-35(40-28-30)32-20-13-14-21-33(32)36(24-22-31(23-25-36)34(37)38)41-26-15-8-7-9-16-29-17-11-12-18-29/h13-14,20-25,29-31,35H,2-12,15-19,26-28H2,1H3,(H,37,38). The normalized spacial score (nSPS) is 26.5. The zero-order valence-corrected chi connectivity index (χ0v) is 25.4. The molecule has 0 unspecified atom stereocenters. The maximum absolute atomic E-state index is 11.7. The minimum atomic E-state index is -0.850. The van der Waals surface area contributed by atoms with Crippen LogP contribution in [0.3, 0.4) is 0 Å². The van der Waals surface area contributed by atoms with E-state index in [4.69, 9.17) is 14.2 Å². The predicted molar refractivity (Wildman–Crippen MR) is 165 cm³/mol. The zero-order valence-electron chi connectivity index (χ0n) is 25.4. The molecule has 41 heavy (non-hydrogen) atoms. The van der Waals surface area contributed by atoms with Gasteiger partial charge >= 0.3 is 5.97 Å². The summed E-state index contributed by atoms with van der Waals surface area (Å²) >= 11 is 0. The predicted octanol–water partition coefficient (Wildman–Crippen LogP) is 9.28. The van der Waals surface area contributed by atoms with Gasteiger partial charge in [-0.3, -0.25) is 4.79 Å². The molecule has 228 valence electrons. The SMILES string of the molecule is CCCCCCCCC1COC(c2ccccc2C2(OCCCCCCC3CCCC3)C=CC(C(=O)O)C=C2)OC1. The van der Waals surface area contributed by atoms with Crippen molar-refractivity contribution in [3.63, 3.8) is 0 Å². The quantitative estimate of drug-likeness (QED) is 0.142. The Labute approximate surface area is 248 Å². The lowest BCUT2D eigenvalue weighted by Gasteiger charge is -2.36. The molecule has 0 bridgehead atoms. The van der Waals surface area contributed by atoms with Gasteiger partial charge in [0.05, 0.1) is 19.1 Å². The molecular weight excluding hydrogens is 512 g/mol. The molecule has 2 fully saturated rings. The Morgan fingerprint density at radius 2 is 1.46 bits per heavy atom. The first-order valence-corrected chi connectivity index (χ1v) is 16.7. The summed E-state index contributed by atoms with van der Waals surface area (Å²) in [4.78, 5) is 11.7. The number of carboxylic acid groups (broad SMARTS) is 1. The molecule has 5 nitrogen and oxygen atoms in total. The lowest BCUT2D eigenvalue weighted by atomic mass is 9.83. The van der Waals surface area contributed by atoms with E-state index in [1.54, 1.807) is 12.2 Å². The van der Waals surface area contributed by atoms with E-state index in [2.05, 4.69) is 19.1 Å². The van der Waals surface area contributed by atoms with Gasteiger partial charge in [0.15, 0.2) is 6.29 Å². The fourth-order valence-electron chi connectivity index (χ4n) is 6.72. The van der Waals surface area contributed by atoms with E-state index >= 15 is 0 Å². The van der Waals surface area contributed by atoms with E-state index in [1.165, 1.54) is 83.5 Å². The topological polar surface area (TPSA) is 65.0 Å². The van der Waals surface area contributed by atoms with E-state index in [9.17, 15) is 9.90 Å². The molecular formula is C36H54O5. The second kappa shape index (κ2) is 17.2. The van der Waals surface area contributed by atoms with Crippen LogP contribution in [-0.4, -0.2) is 30.9 Å². The van der Waals surface area contributed by atoms with Crippen LogP contribution in [-0.2, 0) is 24.6 Å². The van der Waals surface area contributed by atoms with Crippen molar-refractivity contribution in [2.45, 2.75) is 122 Å². The molecule has 1 aromatic carbocycles. The third-order valence-electron chi connectivity index (χ3n) is 9.28. The van der Waals surface area contributed by atoms with Gasteiger partial charge in [0.25, 0.3) is 0 Å². The van der Waals surface area contributed by atoms with Crippen LogP contribution < -0.4 is 0 Å². The molecule has 1 aliphatic heterocycles. The molecule has 1 saturated carbocycles. The van der Waals surface area contributed by atoms with Crippen molar-refractivity contribution in [3.8, 4) is 0 Å². The van der Waals surface area contributed by atoms with Crippen molar-refractivity contribution in [2.75, 3.05) is 19.8 Å². The second-order valence-electron chi connectivity index (χ2n) is 12.6. The van der Waals surface area contributed by atoms with Crippen LogP contribution >= 0.6 is 0 Å². The van der Waals surface area contributed by atoms with Gasteiger partial charge in [0.1, 0.15) is 5.60 Å². The van der Waals surface area contributed by atoms with Gasteiger partial charge in [-0.25, -0.2) is 0 Å². The molecule has 5 heteroatoms. The molecule has 4 rings (SSSR count). The summed E-state index contributed by atoms with van der Waals surface area (Å²) in [5.41, 5.74) is 1.11. The fourth-order valence-corrected chi connectivity index (χ4v) is 6.72. The number of hydrogen-bond acceptors (Lipinski definition) is 4. The highest BCUT2D eigenvalue weighted by Crippen LogP contribution is 2.40. The number of aliphatic carboxylic acids is 1. The summed E-state index contributed by atoms with van der Waals surface area (Å²) in [7, 11) is 0. The van der Waals surface area contributed by atoms with Crippen molar-refractivity contribution in [1.29, 1.82) is 0 Å².